The zero-order valence-corrected chi connectivity index (χ0v) is 20.0. The Morgan fingerprint density at radius 2 is 1.64 bits per heavy atom. The van der Waals surface area contributed by atoms with Gasteiger partial charge in [-0.2, -0.15) is 4.31 Å². The first kappa shape index (κ1) is 24.7. The molecule has 1 aromatic carbocycles. The number of methoxy groups -OCH3 is 1. The highest BCUT2D eigenvalue weighted by atomic mass is 35.5. The first-order chi connectivity index (χ1) is 15.6. The predicted molar refractivity (Wildman–Crippen MR) is 119 cm³/mol. The Hall–Kier alpha value is -2.89. The van der Waals surface area contributed by atoms with Gasteiger partial charge in [0, 0.05) is 36.9 Å². The average Bonchev–Trinajstić information content (AvgIpc) is 3.11. The van der Waals surface area contributed by atoms with Gasteiger partial charge in [-0.25, -0.2) is 18.0 Å². The van der Waals surface area contributed by atoms with Crippen molar-refractivity contribution in [1.82, 2.24) is 14.2 Å². The molecule has 1 aliphatic rings. The van der Waals surface area contributed by atoms with Crippen molar-refractivity contribution >= 4 is 39.5 Å². The molecule has 0 aliphatic carbocycles. The lowest BCUT2D eigenvalue weighted by Gasteiger charge is -2.33. The van der Waals surface area contributed by atoms with Gasteiger partial charge < -0.3 is 19.4 Å². The molecule has 1 aliphatic heterocycles. The summed E-state index contributed by atoms with van der Waals surface area (Å²) in [4.78, 5) is 41.1. The fourth-order valence-electron chi connectivity index (χ4n) is 3.59. The maximum absolute atomic E-state index is 12.8. The maximum atomic E-state index is 12.8. The maximum Gasteiger partial charge on any atom is 0.355 e. The van der Waals surface area contributed by atoms with Crippen LogP contribution < -0.4 is 0 Å². The zero-order chi connectivity index (χ0) is 24.3. The third kappa shape index (κ3) is 5.21. The first-order valence-electron chi connectivity index (χ1n) is 10.0. The summed E-state index contributed by atoms with van der Waals surface area (Å²) < 4.78 is 36.6. The average molecular weight is 498 g/mol. The van der Waals surface area contributed by atoms with Gasteiger partial charge in [0.25, 0.3) is 5.91 Å². The Kier molecular flexibility index (Phi) is 7.45. The van der Waals surface area contributed by atoms with Crippen LogP contribution in [0.3, 0.4) is 0 Å². The highest BCUT2D eigenvalue weighted by Gasteiger charge is 2.31. The lowest BCUT2D eigenvalue weighted by atomic mass is 10.1. The van der Waals surface area contributed by atoms with Crippen molar-refractivity contribution < 1.29 is 32.3 Å². The van der Waals surface area contributed by atoms with Gasteiger partial charge >= 0.3 is 11.9 Å². The van der Waals surface area contributed by atoms with Gasteiger partial charge in [-0.3, -0.25) is 4.79 Å². The number of hydrogen-bond donors (Lipinski definition) is 1. The molecule has 2 aromatic rings. The minimum Gasteiger partial charge on any atom is -0.465 e. The SMILES string of the molecule is COC(=O)c1c(C)[nH]c(C(=O)OCC(=O)N2CCN(S(=O)(=O)c3ccc(Cl)cc3)CC2)c1C. The van der Waals surface area contributed by atoms with Gasteiger partial charge in [-0.15, -0.1) is 0 Å². The van der Waals surface area contributed by atoms with Crippen molar-refractivity contribution in [2.75, 3.05) is 39.9 Å². The van der Waals surface area contributed by atoms with Crippen molar-refractivity contribution in [3.8, 4) is 0 Å². The fourth-order valence-corrected chi connectivity index (χ4v) is 5.13. The summed E-state index contributed by atoms with van der Waals surface area (Å²) in [6, 6.07) is 5.88. The number of carbonyl (C=O) groups is 3. The Morgan fingerprint density at radius 1 is 1.03 bits per heavy atom. The molecular weight excluding hydrogens is 474 g/mol. The van der Waals surface area contributed by atoms with Crippen molar-refractivity contribution in [3.05, 3.63) is 51.8 Å². The van der Waals surface area contributed by atoms with E-state index in [4.69, 9.17) is 21.1 Å². The number of aryl methyl sites for hydroxylation is 1. The Morgan fingerprint density at radius 3 is 2.21 bits per heavy atom. The van der Waals surface area contributed by atoms with Crippen molar-refractivity contribution in [2.24, 2.45) is 0 Å². The number of piperazine rings is 1. The number of halogens is 1. The fraction of sp³-hybridized carbons (Fsp3) is 0.381. The highest BCUT2D eigenvalue weighted by Crippen LogP contribution is 2.21. The van der Waals surface area contributed by atoms with Crippen LogP contribution in [0.1, 0.15) is 32.1 Å². The highest BCUT2D eigenvalue weighted by molar-refractivity contribution is 7.89. The van der Waals surface area contributed by atoms with Crippen LogP contribution >= 0.6 is 11.6 Å². The number of nitrogens with zero attached hydrogens (tertiary/aromatic N) is 2. The molecule has 1 fully saturated rings. The van der Waals surface area contributed by atoms with Gasteiger partial charge in [0.2, 0.25) is 10.0 Å². The molecule has 0 saturated carbocycles. The lowest BCUT2D eigenvalue weighted by Crippen LogP contribution is -2.51. The summed E-state index contributed by atoms with van der Waals surface area (Å²) in [7, 11) is -2.45. The molecule has 2 heterocycles. The number of aromatic nitrogens is 1. The molecular formula is C21H24ClN3O7S. The summed E-state index contributed by atoms with van der Waals surface area (Å²) in [5.41, 5.74) is 1.14. The van der Waals surface area contributed by atoms with E-state index < -0.39 is 34.5 Å². The second-order valence-corrected chi connectivity index (χ2v) is 9.81. The Balaban J connectivity index is 1.56. The number of carbonyl (C=O) groups excluding carboxylic acids is 3. The zero-order valence-electron chi connectivity index (χ0n) is 18.4. The Labute approximate surface area is 196 Å². The van der Waals surface area contributed by atoms with E-state index in [0.717, 1.165) is 0 Å². The number of sulfonamides is 1. The smallest absolute Gasteiger partial charge is 0.355 e. The summed E-state index contributed by atoms with van der Waals surface area (Å²) in [6.45, 7) is 3.25. The lowest BCUT2D eigenvalue weighted by molar-refractivity contribution is -0.135. The quantitative estimate of drug-likeness (QED) is 0.602. The molecule has 33 heavy (non-hydrogen) atoms. The largest absolute Gasteiger partial charge is 0.465 e. The van der Waals surface area contributed by atoms with Crippen LogP contribution in [0.15, 0.2) is 29.2 Å². The molecule has 0 spiro atoms. The van der Waals surface area contributed by atoms with Gasteiger partial charge in [0.05, 0.1) is 17.6 Å². The third-order valence-corrected chi connectivity index (χ3v) is 7.57. The van der Waals surface area contributed by atoms with Gasteiger partial charge in [-0.05, 0) is 43.7 Å². The second kappa shape index (κ2) is 9.94. The molecule has 1 N–H and O–H groups in total. The molecule has 178 valence electrons. The standard InChI is InChI=1S/C21H24ClN3O7S/c1-13-18(20(27)31-3)14(2)23-19(13)21(28)32-12-17(26)24-8-10-25(11-9-24)33(29,30)16-6-4-15(22)5-7-16/h4-7,23H,8-12H2,1-3H3. The predicted octanol–water partition coefficient (Wildman–Crippen LogP) is 1.76. The van der Waals surface area contributed by atoms with Gasteiger partial charge in [-0.1, -0.05) is 11.6 Å². The van der Waals surface area contributed by atoms with Gasteiger partial charge in [0.1, 0.15) is 5.69 Å². The monoisotopic (exact) mass is 497 g/mol. The van der Waals surface area contributed by atoms with Crippen molar-refractivity contribution in [3.63, 3.8) is 0 Å². The summed E-state index contributed by atoms with van der Waals surface area (Å²) in [5.74, 6) is -1.80. The van der Waals surface area contributed by atoms with Crippen molar-refractivity contribution in [2.45, 2.75) is 18.7 Å². The third-order valence-electron chi connectivity index (χ3n) is 5.40. The molecule has 3 rings (SSSR count). The van der Waals surface area contributed by atoms with E-state index >= 15 is 0 Å². The molecule has 1 amide bonds. The molecule has 0 bridgehead atoms. The van der Waals surface area contributed by atoms with E-state index in [0.29, 0.717) is 16.3 Å². The van der Waals surface area contributed by atoms with Crippen LogP contribution in [0.25, 0.3) is 0 Å². The van der Waals surface area contributed by atoms with Crippen LogP contribution in [0, 0.1) is 13.8 Å². The number of amides is 1. The van der Waals surface area contributed by atoms with Crippen LogP contribution in [0.5, 0.6) is 0 Å². The van der Waals surface area contributed by atoms with Crippen LogP contribution in [0.4, 0.5) is 0 Å². The summed E-state index contributed by atoms with van der Waals surface area (Å²) >= 11 is 5.82. The minimum absolute atomic E-state index is 0.0691. The number of aromatic amines is 1. The van der Waals surface area contributed by atoms with E-state index in [1.165, 1.54) is 40.6 Å². The second-order valence-electron chi connectivity index (χ2n) is 7.43. The summed E-state index contributed by atoms with van der Waals surface area (Å²) in [5, 5.41) is 0.435. The van der Waals surface area contributed by atoms with Crippen LogP contribution in [-0.2, 0) is 24.3 Å². The summed E-state index contributed by atoms with van der Waals surface area (Å²) in [6.07, 6.45) is 0. The number of nitrogens with one attached hydrogen (secondary N) is 1. The number of rotatable bonds is 6. The number of benzene rings is 1. The van der Waals surface area contributed by atoms with Crippen LogP contribution in [-0.4, -0.2) is 80.3 Å². The van der Waals surface area contributed by atoms with E-state index in [1.54, 1.807) is 13.8 Å². The van der Waals surface area contributed by atoms with E-state index in [2.05, 4.69) is 4.98 Å². The molecule has 12 heteroatoms. The molecule has 1 aromatic heterocycles. The normalized spacial score (nSPS) is 14.7. The number of ether oxygens (including phenoxy) is 2. The first-order valence-corrected chi connectivity index (χ1v) is 11.9. The number of esters is 2. The van der Waals surface area contributed by atoms with Gasteiger partial charge in [0.15, 0.2) is 6.61 Å². The minimum atomic E-state index is -3.70. The number of hydrogen-bond acceptors (Lipinski definition) is 7. The van der Waals surface area contributed by atoms with E-state index in [-0.39, 0.29) is 42.3 Å². The molecule has 0 atom stereocenters. The van der Waals surface area contributed by atoms with Crippen molar-refractivity contribution in [1.29, 1.82) is 0 Å². The number of H-pyrrole nitrogens is 1. The topological polar surface area (TPSA) is 126 Å². The molecule has 10 nitrogen and oxygen atoms in total. The molecule has 0 unspecified atom stereocenters. The van der Waals surface area contributed by atoms with Crippen LogP contribution in [0.2, 0.25) is 5.02 Å². The van der Waals surface area contributed by atoms with E-state index in [9.17, 15) is 22.8 Å². The molecule has 0 radical (unpaired) electrons. The Bertz CT molecular complexity index is 1170. The molecule has 1 saturated heterocycles. The van der Waals surface area contributed by atoms with E-state index in [1.807, 2.05) is 0 Å².